The lowest BCUT2D eigenvalue weighted by Crippen LogP contribution is -2.31. The molecule has 0 spiro atoms. The van der Waals surface area contributed by atoms with Crippen molar-refractivity contribution in [2.45, 2.75) is 12.5 Å². The molecule has 0 saturated carbocycles. The number of aliphatic carboxylic acids is 1. The van der Waals surface area contributed by atoms with Crippen LogP contribution < -0.4 is 10.1 Å². The summed E-state index contributed by atoms with van der Waals surface area (Å²) < 4.78 is 23.8. The summed E-state index contributed by atoms with van der Waals surface area (Å²) in [5.74, 6) is -1.84. The lowest BCUT2D eigenvalue weighted by atomic mass is 9.99. The number of furan rings is 1. The van der Waals surface area contributed by atoms with Gasteiger partial charge < -0.3 is 19.6 Å². The third-order valence-corrected chi connectivity index (χ3v) is 4.05. The normalized spacial score (nSPS) is 11.6. The highest BCUT2D eigenvalue weighted by Gasteiger charge is 2.21. The number of rotatable bonds is 8. The maximum Gasteiger partial charge on any atom is 0.312 e. The molecule has 1 atom stereocenters. The highest BCUT2D eigenvalue weighted by Crippen LogP contribution is 2.17. The number of carbonyl (C=O) groups is 2. The Balaban J connectivity index is 1.56. The first-order chi connectivity index (χ1) is 13.5. The van der Waals surface area contributed by atoms with Gasteiger partial charge in [-0.15, -0.1) is 0 Å². The van der Waals surface area contributed by atoms with E-state index in [1.165, 1.54) is 30.3 Å². The molecule has 2 aromatic carbocycles. The third kappa shape index (κ3) is 4.97. The van der Waals surface area contributed by atoms with Crippen LogP contribution in [0.3, 0.4) is 0 Å². The Hall–Kier alpha value is -3.61. The summed E-state index contributed by atoms with van der Waals surface area (Å²) in [4.78, 5) is 23.7. The zero-order valence-electron chi connectivity index (χ0n) is 14.8. The smallest absolute Gasteiger partial charge is 0.312 e. The van der Waals surface area contributed by atoms with Gasteiger partial charge in [0, 0.05) is 6.54 Å². The van der Waals surface area contributed by atoms with Crippen molar-refractivity contribution < 1.29 is 28.2 Å². The van der Waals surface area contributed by atoms with Crippen molar-refractivity contribution >= 4 is 11.9 Å². The van der Waals surface area contributed by atoms with Crippen LogP contribution in [0.5, 0.6) is 5.75 Å². The summed E-state index contributed by atoms with van der Waals surface area (Å²) in [5, 5.41) is 12.0. The second kappa shape index (κ2) is 8.85. The molecular formula is C21H18FNO5. The fraction of sp³-hybridized carbons (Fsp3) is 0.143. The van der Waals surface area contributed by atoms with Crippen LogP contribution in [0.4, 0.5) is 4.39 Å². The minimum atomic E-state index is -1.03. The molecule has 3 aromatic rings. The van der Waals surface area contributed by atoms with Crippen molar-refractivity contribution in [3.8, 4) is 5.75 Å². The van der Waals surface area contributed by atoms with Crippen molar-refractivity contribution in [2.24, 2.45) is 0 Å². The monoisotopic (exact) mass is 383 g/mol. The molecule has 2 N–H and O–H groups in total. The van der Waals surface area contributed by atoms with E-state index in [1.54, 1.807) is 36.4 Å². The molecule has 3 rings (SSSR count). The number of hydrogen-bond acceptors (Lipinski definition) is 4. The summed E-state index contributed by atoms with van der Waals surface area (Å²) in [7, 11) is 0. The molecule has 0 aliphatic carbocycles. The molecule has 0 fully saturated rings. The minimum absolute atomic E-state index is 0.0508. The average molecular weight is 383 g/mol. The predicted molar refractivity (Wildman–Crippen MR) is 98.6 cm³/mol. The van der Waals surface area contributed by atoms with Crippen molar-refractivity contribution in [3.63, 3.8) is 0 Å². The van der Waals surface area contributed by atoms with Gasteiger partial charge in [-0.05, 0) is 42.0 Å². The van der Waals surface area contributed by atoms with E-state index in [0.29, 0.717) is 17.1 Å². The van der Waals surface area contributed by atoms with E-state index in [1.807, 2.05) is 0 Å². The van der Waals surface area contributed by atoms with Crippen molar-refractivity contribution in [1.82, 2.24) is 5.32 Å². The lowest BCUT2D eigenvalue weighted by Gasteiger charge is -2.13. The first-order valence-corrected chi connectivity index (χ1v) is 8.56. The fourth-order valence-corrected chi connectivity index (χ4v) is 2.58. The number of carboxylic acids is 1. The van der Waals surface area contributed by atoms with Gasteiger partial charge in [0.15, 0.2) is 5.76 Å². The molecule has 0 aliphatic heterocycles. The number of amides is 1. The number of halogens is 1. The van der Waals surface area contributed by atoms with Gasteiger partial charge in [0.05, 0.1) is 5.92 Å². The number of carboxylic acid groups (broad SMARTS) is 1. The molecular weight excluding hydrogens is 365 g/mol. The topological polar surface area (TPSA) is 88.8 Å². The number of benzene rings is 2. The van der Waals surface area contributed by atoms with E-state index >= 15 is 0 Å². The fourth-order valence-electron chi connectivity index (χ4n) is 2.58. The Bertz CT molecular complexity index is 937. The van der Waals surface area contributed by atoms with Gasteiger partial charge in [-0.25, -0.2) is 4.39 Å². The van der Waals surface area contributed by atoms with Crippen LogP contribution >= 0.6 is 0 Å². The van der Waals surface area contributed by atoms with Crippen LogP contribution in [0, 0.1) is 5.82 Å². The number of hydrogen-bond donors (Lipinski definition) is 2. The molecule has 28 heavy (non-hydrogen) atoms. The van der Waals surface area contributed by atoms with Gasteiger partial charge >= 0.3 is 5.97 Å². The van der Waals surface area contributed by atoms with E-state index < -0.39 is 17.8 Å². The molecule has 1 heterocycles. The first-order valence-electron chi connectivity index (χ1n) is 8.56. The standard InChI is InChI=1S/C21H18FNO5/c22-15-6-8-16(9-7-15)27-13-17-10-11-19(28-17)20(24)23-12-18(21(25)26)14-4-2-1-3-5-14/h1-11,18H,12-13H2,(H,23,24)(H,25,26). The Morgan fingerprint density at radius 1 is 1.04 bits per heavy atom. The van der Waals surface area contributed by atoms with Gasteiger partial charge in [-0.2, -0.15) is 0 Å². The van der Waals surface area contributed by atoms with Crippen LogP contribution in [0.15, 0.2) is 71.1 Å². The highest BCUT2D eigenvalue weighted by molar-refractivity contribution is 5.92. The van der Waals surface area contributed by atoms with Crippen LogP contribution in [-0.4, -0.2) is 23.5 Å². The second-order valence-corrected chi connectivity index (χ2v) is 6.02. The Morgan fingerprint density at radius 2 is 1.75 bits per heavy atom. The molecule has 6 nitrogen and oxygen atoms in total. The molecule has 0 saturated heterocycles. The molecule has 0 bridgehead atoms. The molecule has 0 aliphatic rings. The number of carbonyl (C=O) groups excluding carboxylic acids is 1. The second-order valence-electron chi connectivity index (χ2n) is 6.02. The van der Waals surface area contributed by atoms with E-state index in [4.69, 9.17) is 9.15 Å². The predicted octanol–water partition coefficient (Wildman–Crippen LogP) is 3.60. The van der Waals surface area contributed by atoms with Gasteiger partial charge in [0.2, 0.25) is 0 Å². The third-order valence-electron chi connectivity index (χ3n) is 4.05. The largest absolute Gasteiger partial charge is 0.486 e. The summed E-state index contributed by atoms with van der Waals surface area (Å²) in [6.07, 6.45) is 0. The quantitative estimate of drug-likeness (QED) is 0.621. The molecule has 1 unspecified atom stereocenters. The minimum Gasteiger partial charge on any atom is -0.486 e. The van der Waals surface area contributed by atoms with Crippen molar-refractivity contribution in [2.75, 3.05) is 6.54 Å². The Labute approximate surface area is 160 Å². The van der Waals surface area contributed by atoms with E-state index in [9.17, 15) is 19.1 Å². The molecule has 1 aromatic heterocycles. The van der Waals surface area contributed by atoms with E-state index in [-0.39, 0.29) is 24.7 Å². The van der Waals surface area contributed by atoms with Crippen LogP contribution in [0.2, 0.25) is 0 Å². The zero-order chi connectivity index (χ0) is 19.9. The average Bonchev–Trinajstić information content (AvgIpc) is 3.17. The summed E-state index contributed by atoms with van der Waals surface area (Å²) in [6, 6.07) is 17.3. The Morgan fingerprint density at radius 3 is 2.43 bits per heavy atom. The lowest BCUT2D eigenvalue weighted by molar-refractivity contribution is -0.138. The van der Waals surface area contributed by atoms with E-state index in [2.05, 4.69) is 5.32 Å². The maximum absolute atomic E-state index is 12.9. The van der Waals surface area contributed by atoms with Gasteiger partial charge in [-0.3, -0.25) is 9.59 Å². The van der Waals surface area contributed by atoms with Gasteiger partial charge in [-0.1, -0.05) is 30.3 Å². The van der Waals surface area contributed by atoms with Gasteiger partial charge in [0.1, 0.15) is 23.9 Å². The maximum atomic E-state index is 12.9. The first kappa shape index (κ1) is 19.2. The van der Waals surface area contributed by atoms with Gasteiger partial charge in [0.25, 0.3) is 5.91 Å². The summed E-state index contributed by atoms with van der Waals surface area (Å²) >= 11 is 0. The molecule has 1 amide bonds. The molecule has 0 radical (unpaired) electrons. The summed E-state index contributed by atoms with van der Waals surface area (Å²) in [6.45, 7) is 0.000964. The molecule has 7 heteroatoms. The molecule has 144 valence electrons. The van der Waals surface area contributed by atoms with Crippen molar-refractivity contribution in [3.05, 3.63) is 89.6 Å². The SMILES string of the molecule is O=C(NCC(C(=O)O)c1ccccc1)c1ccc(COc2ccc(F)cc2)o1. The highest BCUT2D eigenvalue weighted by atomic mass is 19.1. The zero-order valence-corrected chi connectivity index (χ0v) is 14.8. The Kier molecular flexibility index (Phi) is 6.06. The number of ether oxygens (including phenoxy) is 1. The van der Waals surface area contributed by atoms with Crippen molar-refractivity contribution in [1.29, 1.82) is 0 Å². The summed E-state index contributed by atoms with van der Waals surface area (Å²) in [5.41, 5.74) is 0.600. The van der Waals surface area contributed by atoms with E-state index in [0.717, 1.165) is 0 Å². The van der Waals surface area contributed by atoms with Crippen LogP contribution in [0.1, 0.15) is 27.8 Å². The number of nitrogens with one attached hydrogen (secondary N) is 1. The van der Waals surface area contributed by atoms with Crippen LogP contribution in [0.25, 0.3) is 0 Å². The van der Waals surface area contributed by atoms with Crippen LogP contribution in [-0.2, 0) is 11.4 Å².